The Morgan fingerprint density at radius 3 is 2.50 bits per heavy atom. The van der Waals surface area contributed by atoms with E-state index >= 15 is 0 Å². The summed E-state index contributed by atoms with van der Waals surface area (Å²) in [5.41, 5.74) is 0.787. The molecular weight excluding hydrogens is 328 g/mol. The first-order valence-corrected chi connectivity index (χ1v) is 9.15. The van der Waals surface area contributed by atoms with Gasteiger partial charge in [-0.15, -0.1) is 0 Å². The second-order valence-corrected chi connectivity index (χ2v) is 7.15. The summed E-state index contributed by atoms with van der Waals surface area (Å²) in [6.45, 7) is 0. The summed E-state index contributed by atoms with van der Waals surface area (Å²) >= 11 is 0. The molecule has 1 aliphatic rings. The molecule has 0 spiro atoms. The van der Waals surface area contributed by atoms with E-state index in [2.05, 4.69) is 4.98 Å². The summed E-state index contributed by atoms with van der Waals surface area (Å²) in [5.74, 6) is 0.238. The number of aromatic hydroxyl groups is 1. The molecule has 0 aliphatic heterocycles. The minimum absolute atomic E-state index is 0.0924. The molecule has 138 valence electrons. The quantitative estimate of drug-likeness (QED) is 0.866. The molecule has 1 aromatic heterocycles. The van der Waals surface area contributed by atoms with Crippen molar-refractivity contribution in [2.75, 3.05) is 7.05 Å². The van der Waals surface area contributed by atoms with Crippen LogP contribution in [0.3, 0.4) is 0 Å². The molecule has 1 amide bonds. The molecule has 0 bridgehead atoms. The van der Waals surface area contributed by atoms with Crippen LogP contribution < -0.4 is 0 Å². The zero-order valence-electron chi connectivity index (χ0n) is 15.1. The Kier molecular flexibility index (Phi) is 5.57. The molecule has 1 heterocycles. The highest BCUT2D eigenvalue weighted by molar-refractivity contribution is 5.76. The molecule has 0 atom stereocenters. The lowest BCUT2D eigenvalue weighted by atomic mass is 9.79. The third kappa shape index (κ3) is 4.22. The lowest BCUT2D eigenvalue weighted by Crippen LogP contribution is -2.43. The summed E-state index contributed by atoms with van der Waals surface area (Å²) in [5, 5.41) is 20.2. The van der Waals surface area contributed by atoms with Gasteiger partial charge >= 0.3 is 0 Å². The number of amides is 1. The SMILES string of the molecule is CN(C(=O)CCc1ccccc1)[C@H]1CC[C@@](O)(c2ccc(O)cn2)CC1. The molecule has 3 rings (SSSR count). The molecule has 1 saturated carbocycles. The van der Waals surface area contributed by atoms with Crippen molar-refractivity contribution in [3.8, 4) is 5.75 Å². The van der Waals surface area contributed by atoms with E-state index in [9.17, 15) is 15.0 Å². The number of nitrogens with zero attached hydrogens (tertiary/aromatic N) is 2. The number of aromatic nitrogens is 1. The molecule has 0 unspecified atom stereocenters. The van der Waals surface area contributed by atoms with Gasteiger partial charge < -0.3 is 15.1 Å². The topological polar surface area (TPSA) is 73.7 Å². The fraction of sp³-hybridized carbons (Fsp3) is 0.429. The van der Waals surface area contributed by atoms with Crippen molar-refractivity contribution in [3.63, 3.8) is 0 Å². The summed E-state index contributed by atoms with van der Waals surface area (Å²) in [6.07, 6.45) is 5.22. The summed E-state index contributed by atoms with van der Waals surface area (Å²) < 4.78 is 0. The number of pyridine rings is 1. The first-order valence-electron chi connectivity index (χ1n) is 9.15. The smallest absolute Gasteiger partial charge is 0.222 e. The van der Waals surface area contributed by atoms with Gasteiger partial charge in [-0.05, 0) is 49.8 Å². The number of rotatable bonds is 5. The van der Waals surface area contributed by atoms with Gasteiger partial charge in [-0.3, -0.25) is 9.78 Å². The maximum atomic E-state index is 12.5. The Labute approximate surface area is 154 Å². The summed E-state index contributed by atoms with van der Waals surface area (Å²) in [4.78, 5) is 18.5. The highest BCUT2D eigenvalue weighted by Crippen LogP contribution is 2.37. The van der Waals surface area contributed by atoms with E-state index in [0.717, 1.165) is 19.3 Å². The van der Waals surface area contributed by atoms with Crippen molar-refractivity contribution < 1.29 is 15.0 Å². The number of aryl methyl sites for hydroxylation is 1. The van der Waals surface area contributed by atoms with Crippen molar-refractivity contribution >= 4 is 5.91 Å². The number of benzene rings is 1. The van der Waals surface area contributed by atoms with Gasteiger partial charge in [0.1, 0.15) is 11.4 Å². The first-order chi connectivity index (χ1) is 12.5. The third-order valence-electron chi connectivity index (χ3n) is 5.42. The Balaban J connectivity index is 1.53. The molecular formula is C21H26N2O3. The van der Waals surface area contributed by atoms with Gasteiger partial charge in [0.05, 0.1) is 11.9 Å². The second kappa shape index (κ2) is 7.87. The molecule has 26 heavy (non-hydrogen) atoms. The van der Waals surface area contributed by atoms with Crippen LogP contribution in [0.15, 0.2) is 48.7 Å². The fourth-order valence-electron chi connectivity index (χ4n) is 3.66. The zero-order chi connectivity index (χ0) is 18.6. The summed E-state index contributed by atoms with van der Waals surface area (Å²) in [7, 11) is 1.86. The van der Waals surface area contributed by atoms with E-state index in [1.165, 1.54) is 11.8 Å². The van der Waals surface area contributed by atoms with Crippen LogP contribution in [0, 0.1) is 0 Å². The molecule has 5 heteroatoms. The fourth-order valence-corrected chi connectivity index (χ4v) is 3.66. The van der Waals surface area contributed by atoms with Crippen molar-refractivity contribution in [2.45, 2.75) is 50.2 Å². The molecule has 1 fully saturated rings. The zero-order valence-corrected chi connectivity index (χ0v) is 15.1. The van der Waals surface area contributed by atoms with Crippen LogP contribution in [0.1, 0.15) is 43.4 Å². The number of hydrogen-bond acceptors (Lipinski definition) is 4. The standard InChI is InChI=1S/C21H26N2O3/c1-23(20(25)10-7-16-5-3-2-4-6-16)17-11-13-21(26,14-12-17)19-9-8-18(24)15-22-19/h2-6,8-9,15,17,24,26H,7,10-14H2,1H3/t17-,21-. The molecule has 5 nitrogen and oxygen atoms in total. The van der Waals surface area contributed by atoms with Crippen LogP contribution in [0.5, 0.6) is 5.75 Å². The Hall–Kier alpha value is -2.40. The molecule has 2 N–H and O–H groups in total. The van der Waals surface area contributed by atoms with Crippen LogP contribution in [-0.4, -0.2) is 39.1 Å². The maximum Gasteiger partial charge on any atom is 0.222 e. The van der Waals surface area contributed by atoms with E-state index in [1.54, 1.807) is 12.1 Å². The lowest BCUT2D eigenvalue weighted by Gasteiger charge is -2.39. The van der Waals surface area contributed by atoms with Crippen molar-refractivity contribution in [1.82, 2.24) is 9.88 Å². The van der Waals surface area contributed by atoms with Crippen molar-refractivity contribution in [2.24, 2.45) is 0 Å². The molecule has 1 aromatic carbocycles. The van der Waals surface area contributed by atoms with Gasteiger partial charge in [-0.1, -0.05) is 30.3 Å². The highest BCUT2D eigenvalue weighted by Gasteiger charge is 2.37. The van der Waals surface area contributed by atoms with Gasteiger partial charge in [-0.2, -0.15) is 0 Å². The predicted molar refractivity (Wildman–Crippen MR) is 99.6 cm³/mol. The van der Waals surface area contributed by atoms with Crippen LogP contribution in [0.4, 0.5) is 0 Å². The molecule has 1 aliphatic carbocycles. The first kappa shape index (κ1) is 18.4. The Bertz CT molecular complexity index is 723. The van der Waals surface area contributed by atoms with Crippen LogP contribution in [0.2, 0.25) is 0 Å². The Morgan fingerprint density at radius 1 is 1.19 bits per heavy atom. The average Bonchev–Trinajstić information content (AvgIpc) is 2.67. The van der Waals surface area contributed by atoms with E-state index in [1.807, 2.05) is 42.3 Å². The largest absolute Gasteiger partial charge is 0.506 e. The van der Waals surface area contributed by atoms with Crippen molar-refractivity contribution in [1.29, 1.82) is 0 Å². The monoisotopic (exact) mass is 354 g/mol. The minimum atomic E-state index is -0.974. The number of aliphatic hydroxyl groups is 1. The van der Waals surface area contributed by atoms with Gasteiger partial charge in [0.15, 0.2) is 0 Å². The maximum absolute atomic E-state index is 12.5. The van der Waals surface area contributed by atoms with E-state index < -0.39 is 5.60 Å². The van der Waals surface area contributed by atoms with Gasteiger partial charge in [0, 0.05) is 19.5 Å². The minimum Gasteiger partial charge on any atom is -0.506 e. The van der Waals surface area contributed by atoms with E-state index in [4.69, 9.17) is 0 Å². The van der Waals surface area contributed by atoms with Crippen LogP contribution in [-0.2, 0) is 16.8 Å². The van der Waals surface area contributed by atoms with Crippen LogP contribution in [0.25, 0.3) is 0 Å². The predicted octanol–water partition coefficient (Wildman–Crippen LogP) is 3.01. The summed E-state index contributed by atoms with van der Waals surface area (Å²) in [6, 6.07) is 13.4. The second-order valence-electron chi connectivity index (χ2n) is 7.15. The Morgan fingerprint density at radius 2 is 1.88 bits per heavy atom. The number of hydrogen-bond donors (Lipinski definition) is 2. The van der Waals surface area contributed by atoms with Crippen LogP contribution >= 0.6 is 0 Å². The van der Waals surface area contributed by atoms with Gasteiger partial charge in [0.2, 0.25) is 5.91 Å². The highest BCUT2D eigenvalue weighted by atomic mass is 16.3. The average molecular weight is 354 g/mol. The number of carbonyl (C=O) groups is 1. The molecule has 0 saturated heterocycles. The molecule has 2 aromatic rings. The van der Waals surface area contributed by atoms with Gasteiger partial charge in [-0.25, -0.2) is 0 Å². The third-order valence-corrected chi connectivity index (χ3v) is 5.42. The lowest BCUT2D eigenvalue weighted by molar-refractivity contribution is -0.134. The number of carbonyl (C=O) groups excluding carboxylic acids is 1. The van der Waals surface area contributed by atoms with Crippen molar-refractivity contribution in [3.05, 3.63) is 59.9 Å². The van der Waals surface area contributed by atoms with E-state index in [-0.39, 0.29) is 17.7 Å². The van der Waals surface area contributed by atoms with Gasteiger partial charge in [0.25, 0.3) is 0 Å². The van der Waals surface area contributed by atoms with E-state index in [0.29, 0.717) is 25.0 Å². The molecule has 0 radical (unpaired) electrons. The normalized spacial score (nSPS) is 22.8.